The molecule has 1 aromatic rings. The molecule has 1 aliphatic rings. The fourth-order valence-electron chi connectivity index (χ4n) is 2.18. The minimum Gasteiger partial charge on any atom is -0.376 e. The van der Waals surface area contributed by atoms with Gasteiger partial charge in [-0.3, -0.25) is 15.1 Å². The minimum atomic E-state index is -0.285. The van der Waals surface area contributed by atoms with E-state index in [4.69, 9.17) is 10.6 Å². The molecule has 6 heteroatoms. The number of ether oxygens (including phenoxy) is 1. The number of nitrogens with zero attached hydrogens (tertiary/aromatic N) is 1. The highest BCUT2D eigenvalue weighted by Crippen LogP contribution is 2.21. The Bertz CT molecular complexity index is 467. The third kappa shape index (κ3) is 3.76. The summed E-state index contributed by atoms with van der Waals surface area (Å²) in [4.78, 5) is 13.8. The van der Waals surface area contributed by atoms with E-state index in [1.165, 1.54) is 0 Å². The second-order valence-electron chi connectivity index (χ2n) is 4.70. The molecule has 1 fully saturated rings. The molecule has 0 spiro atoms. The second-order valence-corrected chi connectivity index (χ2v) is 5.55. The second kappa shape index (κ2) is 6.47. The first kappa shape index (κ1) is 14.5. The van der Waals surface area contributed by atoms with Crippen LogP contribution in [0.4, 0.5) is 0 Å². The molecule has 0 aromatic heterocycles. The van der Waals surface area contributed by atoms with Crippen molar-refractivity contribution in [3.05, 3.63) is 33.8 Å². The average Bonchev–Trinajstić information content (AvgIpc) is 2.40. The highest BCUT2D eigenvalue weighted by molar-refractivity contribution is 9.10. The molecule has 19 heavy (non-hydrogen) atoms. The van der Waals surface area contributed by atoms with Crippen molar-refractivity contribution >= 4 is 21.8 Å². The lowest BCUT2D eigenvalue weighted by molar-refractivity contribution is -0.0212. The van der Waals surface area contributed by atoms with Crippen LogP contribution in [0.1, 0.15) is 22.8 Å². The molecule has 1 amide bonds. The van der Waals surface area contributed by atoms with Crippen molar-refractivity contribution < 1.29 is 9.53 Å². The number of hydrazine groups is 1. The van der Waals surface area contributed by atoms with E-state index in [2.05, 4.69) is 33.2 Å². The maximum atomic E-state index is 11.4. The number of nitrogens with two attached hydrogens (primary N) is 1. The molecule has 2 rings (SSSR count). The van der Waals surface area contributed by atoms with Gasteiger partial charge < -0.3 is 4.74 Å². The van der Waals surface area contributed by atoms with E-state index < -0.39 is 0 Å². The van der Waals surface area contributed by atoms with Gasteiger partial charge in [0.25, 0.3) is 5.91 Å². The standard InChI is InChI=1S/C13H18BrN3O2/c1-9-7-17(4-5-19-9)8-11-3-2-10(6-12(11)14)13(18)16-15/h2-3,6,9H,4-5,7-8,15H2,1H3,(H,16,18). The Hall–Kier alpha value is -0.950. The largest absolute Gasteiger partial charge is 0.376 e. The molecular formula is C13H18BrN3O2. The van der Waals surface area contributed by atoms with Crippen LogP contribution >= 0.6 is 15.9 Å². The average molecular weight is 328 g/mol. The van der Waals surface area contributed by atoms with E-state index >= 15 is 0 Å². The van der Waals surface area contributed by atoms with Crippen molar-refractivity contribution in [3.63, 3.8) is 0 Å². The number of halogens is 1. The first-order chi connectivity index (χ1) is 9.10. The van der Waals surface area contributed by atoms with E-state index in [-0.39, 0.29) is 12.0 Å². The number of hydrogen-bond acceptors (Lipinski definition) is 4. The van der Waals surface area contributed by atoms with Gasteiger partial charge in [0.2, 0.25) is 0 Å². The van der Waals surface area contributed by atoms with Crippen molar-refractivity contribution in [3.8, 4) is 0 Å². The summed E-state index contributed by atoms with van der Waals surface area (Å²) in [7, 11) is 0. The molecule has 1 aromatic carbocycles. The highest BCUT2D eigenvalue weighted by atomic mass is 79.9. The number of nitrogens with one attached hydrogen (secondary N) is 1. The number of carbonyl (C=O) groups excluding carboxylic acids is 1. The molecule has 0 radical (unpaired) electrons. The first-order valence-corrected chi connectivity index (χ1v) is 7.03. The zero-order chi connectivity index (χ0) is 13.8. The lowest BCUT2D eigenvalue weighted by Crippen LogP contribution is -2.40. The van der Waals surface area contributed by atoms with Crippen LogP contribution < -0.4 is 11.3 Å². The summed E-state index contributed by atoms with van der Waals surface area (Å²) in [5.74, 6) is 4.83. The van der Waals surface area contributed by atoms with Gasteiger partial charge in [-0.1, -0.05) is 22.0 Å². The van der Waals surface area contributed by atoms with Gasteiger partial charge in [0.1, 0.15) is 0 Å². The van der Waals surface area contributed by atoms with Gasteiger partial charge in [0.15, 0.2) is 0 Å². The van der Waals surface area contributed by atoms with E-state index in [9.17, 15) is 4.79 Å². The van der Waals surface area contributed by atoms with E-state index in [1.807, 2.05) is 6.07 Å². The van der Waals surface area contributed by atoms with Crippen LogP contribution in [0.15, 0.2) is 22.7 Å². The molecule has 1 aliphatic heterocycles. The predicted octanol–water partition coefficient (Wildman–Crippen LogP) is 1.27. The van der Waals surface area contributed by atoms with E-state index in [0.29, 0.717) is 5.56 Å². The number of benzene rings is 1. The smallest absolute Gasteiger partial charge is 0.265 e. The van der Waals surface area contributed by atoms with Crippen molar-refractivity contribution in [2.24, 2.45) is 5.84 Å². The Morgan fingerprint density at radius 3 is 3.05 bits per heavy atom. The summed E-state index contributed by atoms with van der Waals surface area (Å²) < 4.78 is 6.44. The Balaban J connectivity index is 2.06. The summed E-state index contributed by atoms with van der Waals surface area (Å²) in [6.07, 6.45) is 0.273. The molecule has 104 valence electrons. The lowest BCUT2D eigenvalue weighted by Gasteiger charge is -2.31. The van der Waals surface area contributed by atoms with Gasteiger partial charge in [-0.2, -0.15) is 0 Å². The Kier molecular flexibility index (Phi) is 4.93. The number of morpholine rings is 1. The predicted molar refractivity (Wildman–Crippen MR) is 76.5 cm³/mol. The van der Waals surface area contributed by atoms with E-state index in [0.717, 1.165) is 36.3 Å². The first-order valence-electron chi connectivity index (χ1n) is 6.23. The Labute approximate surface area is 121 Å². The molecule has 0 saturated carbocycles. The lowest BCUT2D eigenvalue weighted by atomic mass is 10.1. The molecular weight excluding hydrogens is 310 g/mol. The van der Waals surface area contributed by atoms with Crippen molar-refractivity contribution in [2.75, 3.05) is 19.7 Å². The van der Waals surface area contributed by atoms with Gasteiger partial charge in [-0.25, -0.2) is 5.84 Å². The molecule has 3 N–H and O–H groups in total. The Morgan fingerprint density at radius 2 is 2.42 bits per heavy atom. The minimum absolute atomic E-state index is 0.273. The zero-order valence-electron chi connectivity index (χ0n) is 10.9. The van der Waals surface area contributed by atoms with Crippen molar-refractivity contribution in [1.29, 1.82) is 0 Å². The van der Waals surface area contributed by atoms with E-state index in [1.54, 1.807) is 12.1 Å². The number of carbonyl (C=O) groups is 1. The van der Waals surface area contributed by atoms with Crippen LogP contribution in [-0.2, 0) is 11.3 Å². The quantitative estimate of drug-likeness (QED) is 0.498. The SMILES string of the molecule is CC1CN(Cc2ccc(C(=O)NN)cc2Br)CCO1. The van der Waals surface area contributed by atoms with Crippen LogP contribution in [0.3, 0.4) is 0 Å². The summed E-state index contributed by atoms with van der Waals surface area (Å²) in [5.41, 5.74) is 3.83. The van der Waals surface area contributed by atoms with Gasteiger partial charge in [0.05, 0.1) is 12.7 Å². The van der Waals surface area contributed by atoms with Crippen molar-refractivity contribution in [2.45, 2.75) is 19.6 Å². The maximum absolute atomic E-state index is 11.4. The number of rotatable bonds is 3. The van der Waals surface area contributed by atoms with Crippen LogP contribution in [0, 0.1) is 0 Å². The van der Waals surface area contributed by atoms with Crippen LogP contribution in [-0.4, -0.2) is 36.6 Å². The topological polar surface area (TPSA) is 67.6 Å². The molecule has 5 nitrogen and oxygen atoms in total. The molecule has 1 unspecified atom stereocenters. The molecule has 0 bridgehead atoms. The van der Waals surface area contributed by atoms with Crippen molar-refractivity contribution in [1.82, 2.24) is 10.3 Å². The number of hydrogen-bond donors (Lipinski definition) is 2. The summed E-state index contributed by atoms with van der Waals surface area (Å²) in [5, 5.41) is 0. The van der Waals surface area contributed by atoms with Gasteiger partial charge in [-0.05, 0) is 24.6 Å². The van der Waals surface area contributed by atoms with Crippen LogP contribution in [0.5, 0.6) is 0 Å². The maximum Gasteiger partial charge on any atom is 0.265 e. The van der Waals surface area contributed by atoms with Crippen LogP contribution in [0.25, 0.3) is 0 Å². The third-order valence-corrected chi connectivity index (χ3v) is 3.90. The zero-order valence-corrected chi connectivity index (χ0v) is 12.4. The monoisotopic (exact) mass is 327 g/mol. The normalized spacial score (nSPS) is 20.3. The Morgan fingerprint density at radius 1 is 1.63 bits per heavy atom. The number of amides is 1. The summed E-state index contributed by atoms with van der Waals surface area (Å²) >= 11 is 3.51. The molecule has 1 atom stereocenters. The summed E-state index contributed by atoms with van der Waals surface area (Å²) in [6, 6.07) is 5.53. The third-order valence-electron chi connectivity index (χ3n) is 3.17. The highest BCUT2D eigenvalue weighted by Gasteiger charge is 2.17. The molecule has 1 heterocycles. The molecule has 0 aliphatic carbocycles. The van der Waals surface area contributed by atoms with Crippen LogP contribution in [0.2, 0.25) is 0 Å². The van der Waals surface area contributed by atoms with Gasteiger partial charge in [0, 0.05) is 29.7 Å². The number of nitrogen functional groups attached to an aromatic ring is 1. The fraction of sp³-hybridized carbons (Fsp3) is 0.462. The molecule has 1 saturated heterocycles. The van der Waals surface area contributed by atoms with Gasteiger partial charge >= 0.3 is 0 Å². The summed E-state index contributed by atoms with van der Waals surface area (Å²) in [6.45, 7) is 5.56. The fourth-order valence-corrected chi connectivity index (χ4v) is 2.68. The van der Waals surface area contributed by atoms with Gasteiger partial charge in [-0.15, -0.1) is 0 Å².